The summed E-state index contributed by atoms with van der Waals surface area (Å²) in [7, 11) is 0. The van der Waals surface area contributed by atoms with E-state index >= 15 is 0 Å². The Morgan fingerprint density at radius 1 is 1.20 bits per heavy atom. The Balaban J connectivity index is 1.13. The minimum atomic E-state index is -2.97. The average molecular weight is 569 g/mol. The van der Waals surface area contributed by atoms with Crippen LogP contribution in [0, 0.1) is 24.6 Å². The summed E-state index contributed by atoms with van der Waals surface area (Å²) in [4.78, 5) is 34.9. The Morgan fingerprint density at radius 3 is 2.70 bits per heavy atom. The molecular formula is C26H20ClF3N8O2. The third kappa shape index (κ3) is 4.76. The molecule has 2 amide bonds. The number of aryl methyl sites for hydroxylation is 1. The molecule has 2 atom stereocenters. The largest absolute Gasteiger partial charge is 0.318 e. The van der Waals surface area contributed by atoms with Crippen molar-refractivity contribution in [3.8, 4) is 11.3 Å². The van der Waals surface area contributed by atoms with Crippen LogP contribution < -0.4 is 10.2 Å². The maximum atomic E-state index is 14.6. The molecule has 204 valence electrons. The number of halogens is 4. The number of hydrogen-bond acceptors (Lipinski definition) is 7. The number of aromatic nitrogens is 6. The SMILES string of the molecule is Cc1nc(-c2c(C(F)F)ccc(Cl)c2F)cnc1C(=O)Nc1cnn(Cc2ccc(N3C[C@H]4C[C@H]4C3=O)nn2)c1. The van der Waals surface area contributed by atoms with Gasteiger partial charge in [-0.3, -0.25) is 19.2 Å². The zero-order valence-corrected chi connectivity index (χ0v) is 21.6. The summed E-state index contributed by atoms with van der Waals surface area (Å²) in [6.07, 6.45) is 2.06. The molecule has 0 bridgehead atoms. The van der Waals surface area contributed by atoms with Gasteiger partial charge in [0.05, 0.1) is 46.7 Å². The maximum absolute atomic E-state index is 14.6. The zero-order chi connectivity index (χ0) is 28.1. The van der Waals surface area contributed by atoms with Gasteiger partial charge in [0.25, 0.3) is 12.3 Å². The Morgan fingerprint density at radius 2 is 2.02 bits per heavy atom. The minimum Gasteiger partial charge on any atom is -0.318 e. The van der Waals surface area contributed by atoms with Gasteiger partial charge in [0.15, 0.2) is 11.6 Å². The molecular weight excluding hydrogens is 549 g/mol. The van der Waals surface area contributed by atoms with Crippen molar-refractivity contribution in [3.05, 3.63) is 76.3 Å². The van der Waals surface area contributed by atoms with Crippen LogP contribution in [0.4, 0.5) is 24.7 Å². The van der Waals surface area contributed by atoms with E-state index in [0.717, 1.165) is 24.8 Å². The molecule has 10 nitrogen and oxygen atoms in total. The van der Waals surface area contributed by atoms with Crippen molar-refractivity contribution in [1.29, 1.82) is 0 Å². The van der Waals surface area contributed by atoms with E-state index in [-0.39, 0.29) is 40.5 Å². The van der Waals surface area contributed by atoms with Crippen molar-refractivity contribution in [2.75, 3.05) is 16.8 Å². The number of carbonyl (C=O) groups is 2. The molecule has 1 saturated carbocycles. The highest BCUT2D eigenvalue weighted by Gasteiger charge is 2.52. The lowest BCUT2D eigenvalue weighted by molar-refractivity contribution is -0.118. The third-order valence-electron chi connectivity index (χ3n) is 6.90. The Kier molecular flexibility index (Phi) is 6.45. The number of carbonyl (C=O) groups excluding carboxylic acids is 2. The van der Waals surface area contributed by atoms with Crippen LogP contribution in [-0.2, 0) is 11.3 Å². The van der Waals surface area contributed by atoms with Crippen molar-refractivity contribution in [3.63, 3.8) is 0 Å². The highest BCUT2D eigenvalue weighted by molar-refractivity contribution is 6.31. The summed E-state index contributed by atoms with van der Waals surface area (Å²) in [6.45, 7) is 2.41. The fourth-order valence-electron chi connectivity index (χ4n) is 4.77. The predicted molar refractivity (Wildman–Crippen MR) is 137 cm³/mol. The van der Waals surface area contributed by atoms with E-state index in [9.17, 15) is 22.8 Å². The summed E-state index contributed by atoms with van der Waals surface area (Å²) in [6, 6.07) is 5.59. The van der Waals surface area contributed by atoms with Crippen LogP contribution in [0.15, 0.2) is 42.9 Å². The highest BCUT2D eigenvalue weighted by Crippen LogP contribution is 2.46. The number of alkyl halides is 2. The Labute approximate surface area is 230 Å². The van der Waals surface area contributed by atoms with Crippen LogP contribution in [0.3, 0.4) is 0 Å². The summed E-state index contributed by atoms with van der Waals surface area (Å²) >= 11 is 5.79. The first-order chi connectivity index (χ1) is 19.2. The minimum absolute atomic E-state index is 0.0758. The third-order valence-corrected chi connectivity index (χ3v) is 7.19. The quantitative estimate of drug-likeness (QED) is 0.350. The number of amides is 2. The summed E-state index contributed by atoms with van der Waals surface area (Å²) in [5.41, 5.74) is -0.223. The van der Waals surface area contributed by atoms with E-state index in [2.05, 4.69) is 30.6 Å². The van der Waals surface area contributed by atoms with Crippen LogP contribution in [0.5, 0.6) is 0 Å². The molecule has 0 radical (unpaired) electrons. The summed E-state index contributed by atoms with van der Waals surface area (Å²) < 4.78 is 43.1. The molecule has 4 heterocycles. The number of benzene rings is 1. The fourth-order valence-corrected chi connectivity index (χ4v) is 4.93. The van der Waals surface area contributed by atoms with Crippen LogP contribution in [0.25, 0.3) is 11.3 Å². The topological polar surface area (TPSA) is 119 Å². The van der Waals surface area contributed by atoms with Crippen LogP contribution in [0.2, 0.25) is 5.02 Å². The normalized spacial score (nSPS) is 17.9. The molecule has 1 aliphatic heterocycles. The first-order valence-corrected chi connectivity index (χ1v) is 12.6. The Bertz CT molecular complexity index is 1650. The molecule has 6 rings (SSSR count). The van der Waals surface area contributed by atoms with Crippen molar-refractivity contribution in [2.45, 2.75) is 26.3 Å². The molecule has 4 aromatic rings. The number of anilines is 2. The smallest absolute Gasteiger partial charge is 0.276 e. The summed E-state index contributed by atoms with van der Waals surface area (Å²) in [5, 5.41) is 14.9. The van der Waals surface area contributed by atoms with Crippen molar-refractivity contribution in [2.24, 2.45) is 11.8 Å². The number of fused-ring (bicyclic) bond motifs is 1. The number of rotatable bonds is 7. The molecule has 1 aromatic carbocycles. The number of hydrogen-bond donors (Lipinski definition) is 1. The van der Waals surface area contributed by atoms with Gasteiger partial charge in [-0.25, -0.2) is 23.1 Å². The predicted octanol–water partition coefficient (Wildman–Crippen LogP) is 4.45. The van der Waals surface area contributed by atoms with Gasteiger partial charge >= 0.3 is 0 Å². The van der Waals surface area contributed by atoms with Gasteiger partial charge in [-0.1, -0.05) is 17.7 Å². The van der Waals surface area contributed by atoms with E-state index in [1.165, 1.54) is 13.1 Å². The second kappa shape index (κ2) is 9.97. The molecule has 2 aliphatic rings. The number of nitrogens with one attached hydrogen (secondary N) is 1. The lowest BCUT2D eigenvalue weighted by Crippen LogP contribution is -2.29. The molecule has 1 saturated heterocycles. The van der Waals surface area contributed by atoms with Crippen molar-refractivity contribution < 1.29 is 22.8 Å². The van der Waals surface area contributed by atoms with E-state index in [0.29, 0.717) is 29.7 Å². The van der Waals surface area contributed by atoms with E-state index < -0.39 is 29.3 Å². The van der Waals surface area contributed by atoms with Gasteiger partial charge in [0.2, 0.25) is 5.91 Å². The highest BCUT2D eigenvalue weighted by atomic mass is 35.5. The number of piperidine rings is 1. The second-order valence-corrected chi connectivity index (χ2v) is 10.0. The second-order valence-electron chi connectivity index (χ2n) is 9.63. The Hall–Kier alpha value is -4.39. The zero-order valence-electron chi connectivity index (χ0n) is 20.9. The lowest BCUT2D eigenvalue weighted by atomic mass is 10.0. The van der Waals surface area contributed by atoms with E-state index in [4.69, 9.17) is 11.6 Å². The lowest BCUT2D eigenvalue weighted by Gasteiger charge is -2.16. The first-order valence-electron chi connectivity index (χ1n) is 12.3. The van der Waals surface area contributed by atoms with Crippen LogP contribution in [0.1, 0.15) is 40.3 Å². The molecule has 3 aromatic heterocycles. The van der Waals surface area contributed by atoms with E-state index in [1.54, 1.807) is 27.9 Å². The van der Waals surface area contributed by atoms with E-state index in [1.807, 2.05) is 0 Å². The maximum Gasteiger partial charge on any atom is 0.276 e. The molecule has 0 unspecified atom stereocenters. The van der Waals surface area contributed by atoms with Gasteiger partial charge in [-0.05, 0) is 37.5 Å². The van der Waals surface area contributed by atoms with Crippen LogP contribution >= 0.6 is 11.6 Å². The fraction of sp³-hybridized carbons (Fsp3) is 0.269. The number of nitrogens with zero attached hydrogens (tertiary/aromatic N) is 7. The summed E-state index contributed by atoms with van der Waals surface area (Å²) in [5.74, 6) is -0.462. The molecule has 40 heavy (non-hydrogen) atoms. The van der Waals surface area contributed by atoms with Gasteiger partial charge in [0, 0.05) is 29.8 Å². The molecule has 2 fully saturated rings. The van der Waals surface area contributed by atoms with Crippen molar-refractivity contribution >= 4 is 34.9 Å². The monoisotopic (exact) mass is 568 g/mol. The van der Waals surface area contributed by atoms with Gasteiger partial charge < -0.3 is 5.32 Å². The molecule has 14 heteroatoms. The molecule has 1 aliphatic carbocycles. The average Bonchev–Trinajstić information content (AvgIpc) is 3.46. The van der Waals surface area contributed by atoms with Gasteiger partial charge in [-0.15, -0.1) is 5.10 Å². The van der Waals surface area contributed by atoms with Gasteiger partial charge in [-0.2, -0.15) is 10.2 Å². The standard InChI is InChI=1S/C26H20ClF3N8O2/c1-12-23(31-8-19(33-12)21-16(24(29)30)3-4-18(27)22(21)28)25(39)34-15-7-32-37(11-15)10-14-2-5-20(36-35-14)38-9-13-6-17(13)26(38)40/h2-5,7-8,11,13,17,24H,6,9-10H2,1H3,(H,34,39)/t13-,17-/m1/s1. The molecule has 1 N–H and O–H groups in total. The van der Waals surface area contributed by atoms with Gasteiger partial charge in [0.1, 0.15) is 5.69 Å². The van der Waals surface area contributed by atoms with Crippen LogP contribution in [-0.4, -0.2) is 48.3 Å². The first kappa shape index (κ1) is 25.9. The van der Waals surface area contributed by atoms with Crippen molar-refractivity contribution in [1.82, 2.24) is 29.9 Å². The molecule has 0 spiro atoms.